The maximum atomic E-state index is 11.9. The second-order valence-electron chi connectivity index (χ2n) is 5.55. The van der Waals surface area contributed by atoms with Crippen LogP contribution < -0.4 is 0 Å². The zero-order valence-corrected chi connectivity index (χ0v) is 10.2. The van der Waals surface area contributed by atoms with Crippen molar-refractivity contribution in [1.82, 2.24) is 20.2 Å². The van der Waals surface area contributed by atoms with E-state index in [1.165, 1.54) is 30.5 Å². The number of tetrazole rings is 1. The standard InChI is InChI=1S/C12H18N4O/c1-16-14-12(13-15-16)7-11(17)6-10-5-8-2-3-9(10)4-8/h8-10H,2-7H2,1H3. The zero-order chi connectivity index (χ0) is 11.8. The molecule has 0 aliphatic heterocycles. The molecular formula is C12H18N4O. The average Bonchev–Trinajstić information content (AvgIpc) is 2.95. The number of Topliss-reactive ketones (excluding diaryl/α,β-unsaturated/α-hetero) is 1. The summed E-state index contributed by atoms with van der Waals surface area (Å²) in [6.07, 6.45) is 6.43. The van der Waals surface area contributed by atoms with Gasteiger partial charge in [0.1, 0.15) is 5.78 Å². The Balaban J connectivity index is 1.54. The van der Waals surface area contributed by atoms with Gasteiger partial charge in [-0.25, -0.2) is 0 Å². The fraction of sp³-hybridized carbons (Fsp3) is 0.833. The molecule has 3 unspecified atom stereocenters. The number of aromatic nitrogens is 4. The van der Waals surface area contributed by atoms with Crippen LogP contribution in [-0.2, 0) is 18.3 Å². The van der Waals surface area contributed by atoms with Crippen LogP contribution in [0.1, 0.15) is 37.9 Å². The number of carbonyl (C=O) groups excluding carboxylic acids is 1. The predicted molar refractivity (Wildman–Crippen MR) is 61.1 cm³/mol. The van der Waals surface area contributed by atoms with Crippen LogP contribution >= 0.6 is 0 Å². The zero-order valence-electron chi connectivity index (χ0n) is 10.2. The molecule has 0 radical (unpaired) electrons. The van der Waals surface area contributed by atoms with Crippen LogP contribution in [0.25, 0.3) is 0 Å². The number of hydrogen-bond donors (Lipinski definition) is 0. The number of hydrogen-bond acceptors (Lipinski definition) is 4. The van der Waals surface area contributed by atoms with E-state index >= 15 is 0 Å². The van der Waals surface area contributed by atoms with Crippen LogP contribution in [0.3, 0.4) is 0 Å². The molecule has 0 N–H and O–H groups in total. The van der Waals surface area contributed by atoms with E-state index in [0.717, 1.165) is 18.3 Å². The lowest BCUT2D eigenvalue weighted by Crippen LogP contribution is -2.16. The highest BCUT2D eigenvalue weighted by molar-refractivity contribution is 5.80. The smallest absolute Gasteiger partial charge is 0.182 e. The molecule has 5 nitrogen and oxygen atoms in total. The van der Waals surface area contributed by atoms with Crippen molar-refractivity contribution in [2.45, 2.75) is 38.5 Å². The Morgan fingerprint density at radius 1 is 1.41 bits per heavy atom. The van der Waals surface area contributed by atoms with Crippen molar-refractivity contribution in [3.05, 3.63) is 5.82 Å². The minimum absolute atomic E-state index is 0.274. The van der Waals surface area contributed by atoms with Crippen molar-refractivity contribution in [3.8, 4) is 0 Å². The molecule has 92 valence electrons. The lowest BCUT2D eigenvalue weighted by molar-refractivity contribution is -0.119. The molecule has 17 heavy (non-hydrogen) atoms. The first-order valence-corrected chi connectivity index (χ1v) is 6.45. The van der Waals surface area contributed by atoms with Gasteiger partial charge >= 0.3 is 0 Å². The predicted octanol–water partition coefficient (Wildman–Crippen LogP) is 1.15. The minimum atomic E-state index is 0.274. The highest BCUT2D eigenvalue weighted by Gasteiger charge is 2.39. The van der Waals surface area contributed by atoms with Crippen LogP contribution in [0.15, 0.2) is 0 Å². The van der Waals surface area contributed by atoms with E-state index < -0.39 is 0 Å². The van der Waals surface area contributed by atoms with E-state index in [1.54, 1.807) is 7.05 Å². The number of ketones is 1. The molecule has 1 aromatic rings. The summed E-state index contributed by atoms with van der Waals surface area (Å²) < 4.78 is 0. The summed E-state index contributed by atoms with van der Waals surface area (Å²) in [5.74, 6) is 3.19. The Morgan fingerprint density at radius 2 is 2.29 bits per heavy atom. The molecule has 2 bridgehead atoms. The third-order valence-corrected chi connectivity index (χ3v) is 4.28. The summed E-state index contributed by atoms with van der Waals surface area (Å²) in [5, 5.41) is 11.6. The fourth-order valence-corrected chi connectivity index (χ4v) is 3.56. The highest BCUT2D eigenvalue weighted by Crippen LogP contribution is 2.49. The van der Waals surface area contributed by atoms with Crippen LogP contribution in [-0.4, -0.2) is 26.0 Å². The molecule has 0 aromatic carbocycles. The van der Waals surface area contributed by atoms with Gasteiger partial charge in [-0.3, -0.25) is 4.79 Å². The lowest BCUT2D eigenvalue weighted by atomic mass is 9.85. The molecule has 3 rings (SSSR count). The van der Waals surface area contributed by atoms with Gasteiger partial charge in [-0.1, -0.05) is 6.42 Å². The molecular weight excluding hydrogens is 216 g/mol. The molecule has 1 heterocycles. The normalized spacial score (nSPS) is 31.0. The van der Waals surface area contributed by atoms with Crippen molar-refractivity contribution in [2.24, 2.45) is 24.8 Å². The van der Waals surface area contributed by atoms with Crippen LogP contribution in [0.2, 0.25) is 0 Å². The first-order chi connectivity index (χ1) is 8.20. The van der Waals surface area contributed by atoms with Crippen LogP contribution in [0.4, 0.5) is 0 Å². The number of carbonyl (C=O) groups is 1. The number of fused-ring (bicyclic) bond motifs is 2. The topological polar surface area (TPSA) is 60.7 Å². The van der Waals surface area contributed by atoms with Crippen molar-refractivity contribution in [2.75, 3.05) is 0 Å². The summed E-state index contributed by atoms with van der Waals surface area (Å²) in [5.41, 5.74) is 0. The van der Waals surface area contributed by atoms with Gasteiger partial charge in [-0.05, 0) is 42.2 Å². The number of nitrogens with zero attached hydrogens (tertiary/aromatic N) is 4. The van der Waals surface area contributed by atoms with E-state index in [9.17, 15) is 4.79 Å². The first kappa shape index (κ1) is 10.9. The van der Waals surface area contributed by atoms with Gasteiger partial charge in [0.2, 0.25) is 0 Å². The Bertz CT molecular complexity index is 428. The highest BCUT2D eigenvalue weighted by atomic mass is 16.1. The van der Waals surface area contributed by atoms with Gasteiger partial charge in [0.25, 0.3) is 0 Å². The second-order valence-corrected chi connectivity index (χ2v) is 5.55. The van der Waals surface area contributed by atoms with E-state index in [1.807, 2.05) is 0 Å². The molecule has 2 saturated carbocycles. The van der Waals surface area contributed by atoms with E-state index in [2.05, 4.69) is 15.4 Å². The largest absolute Gasteiger partial charge is 0.299 e. The van der Waals surface area contributed by atoms with Crippen molar-refractivity contribution in [1.29, 1.82) is 0 Å². The SMILES string of the molecule is Cn1nnc(CC(=O)CC2CC3CCC2C3)n1. The monoisotopic (exact) mass is 234 g/mol. The van der Waals surface area contributed by atoms with Gasteiger partial charge in [-0.2, -0.15) is 4.80 Å². The number of aryl methyl sites for hydroxylation is 1. The quantitative estimate of drug-likeness (QED) is 0.784. The van der Waals surface area contributed by atoms with Crippen LogP contribution in [0.5, 0.6) is 0 Å². The lowest BCUT2D eigenvalue weighted by Gasteiger charge is -2.20. The molecule has 3 atom stereocenters. The first-order valence-electron chi connectivity index (χ1n) is 6.45. The van der Waals surface area contributed by atoms with Gasteiger partial charge in [0, 0.05) is 6.42 Å². The van der Waals surface area contributed by atoms with E-state index in [0.29, 0.717) is 18.2 Å². The maximum Gasteiger partial charge on any atom is 0.182 e. The summed E-state index contributed by atoms with van der Waals surface area (Å²) in [6, 6.07) is 0. The van der Waals surface area contributed by atoms with Gasteiger partial charge < -0.3 is 0 Å². The third kappa shape index (κ3) is 2.23. The summed E-state index contributed by atoms with van der Waals surface area (Å²) in [4.78, 5) is 13.3. The third-order valence-electron chi connectivity index (χ3n) is 4.28. The van der Waals surface area contributed by atoms with Gasteiger partial charge in [0.15, 0.2) is 5.82 Å². The molecule has 0 saturated heterocycles. The van der Waals surface area contributed by atoms with Crippen molar-refractivity contribution in [3.63, 3.8) is 0 Å². The molecule has 5 heteroatoms. The summed E-state index contributed by atoms with van der Waals surface area (Å²) >= 11 is 0. The molecule has 2 aliphatic rings. The molecule has 1 aromatic heterocycles. The Hall–Kier alpha value is -1.26. The molecule has 0 amide bonds. The minimum Gasteiger partial charge on any atom is -0.299 e. The van der Waals surface area contributed by atoms with Gasteiger partial charge in [0.05, 0.1) is 13.5 Å². The summed E-state index contributed by atoms with van der Waals surface area (Å²) in [6.45, 7) is 0. The van der Waals surface area contributed by atoms with Gasteiger partial charge in [-0.15, -0.1) is 10.2 Å². The van der Waals surface area contributed by atoms with Crippen molar-refractivity contribution < 1.29 is 4.79 Å². The van der Waals surface area contributed by atoms with E-state index in [4.69, 9.17) is 0 Å². The second kappa shape index (κ2) is 4.20. The maximum absolute atomic E-state index is 11.9. The average molecular weight is 234 g/mol. The van der Waals surface area contributed by atoms with Crippen molar-refractivity contribution >= 4 is 5.78 Å². The fourth-order valence-electron chi connectivity index (χ4n) is 3.56. The Labute approximate surface area is 101 Å². The summed E-state index contributed by atoms with van der Waals surface area (Å²) in [7, 11) is 1.72. The Kier molecular flexibility index (Phi) is 2.68. The molecule has 2 aliphatic carbocycles. The molecule has 2 fully saturated rings. The van der Waals surface area contributed by atoms with Crippen LogP contribution in [0, 0.1) is 17.8 Å². The molecule has 0 spiro atoms. The number of rotatable bonds is 4. The Morgan fingerprint density at radius 3 is 2.88 bits per heavy atom. The van der Waals surface area contributed by atoms with E-state index in [-0.39, 0.29) is 5.78 Å².